The van der Waals surface area contributed by atoms with E-state index >= 15 is 0 Å². The van der Waals surface area contributed by atoms with E-state index in [9.17, 15) is 0 Å². The Morgan fingerprint density at radius 3 is 2.52 bits per heavy atom. The van der Waals surface area contributed by atoms with Crippen LogP contribution in [0.1, 0.15) is 32.4 Å². The highest BCUT2D eigenvalue weighted by molar-refractivity contribution is 5.85. The highest BCUT2D eigenvalue weighted by Gasteiger charge is 2.42. The first-order valence-corrected chi connectivity index (χ1v) is 7.79. The number of nitrogens with one attached hydrogen (secondary N) is 1. The first kappa shape index (κ1) is 14.5. The van der Waals surface area contributed by atoms with Crippen LogP contribution in [0.2, 0.25) is 0 Å². The van der Waals surface area contributed by atoms with Crippen molar-refractivity contribution >= 4 is 10.8 Å². The second kappa shape index (κ2) is 5.74. The van der Waals surface area contributed by atoms with Crippen molar-refractivity contribution in [3.05, 3.63) is 42.2 Å². The molecule has 0 radical (unpaired) electrons. The van der Waals surface area contributed by atoms with Gasteiger partial charge in [-0.05, 0) is 37.8 Å². The van der Waals surface area contributed by atoms with Crippen LogP contribution in [0.3, 0.4) is 0 Å². The molecule has 1 aromatic carbocycles. The molecule has 0 amide bonds. The normalized spacial score (nSPS) is 30.7. The molecule has 5 unspecified atom stereocenters. The zero-order chi connectivity index (χ0) is 15.0. The Morgan fingerprint density at radius 1 is 1.10 bits per heavy atom. The summed E-state index contributed by atoms with van der Waals surface area (Å²) in [5.74, 6) is 0.981. The molecule has 1 saturated heterocycles. The van der Waals surface area contributed by atoms with Crippen LogP contribution < -0.4 is 5.32 Å². The Hall–Kier alpha value is -1.45. The molecule has 1 N–H and O–H groups in total. The van der Waals surface area contributed by atoms with Crippen molar-refractivity contribution in [2.24, 2.45) is 11.8 Å². The number of benzene rings is 1. The molecule has 21 heavy (non-hydrogen) atoms. The van der Waals surface area contributed by atoms with E-state index in [4.69, 9.17) is 4.74 Å². The highest BCUT2D eigenvalue weighted by atomic mass is 16.5. The lowest BCUT2D eigenvalue weighted by molar-refractivity contribution is 0.0478. The molecule has 1 fully saturated rings. The van der Waals surface area contributed by atoms with E-state index in [-0.39, 0.29) is 12.1 Å². The minimum absolute atomic E-state index is 0.256. The van der Waals surface area contributed by atoms with E-state index in [0.29, 0.717) is 17.9 Å². The van der Waals surface area contributed by atoms with Crippen LogP contribution in [0.25, 0.3) is 10.8 Å². The van der Waals surface area contributed by atoms with Crippen molar-refractivity contribution in [3.63, 3.8) is 0 Å². The molecule has 1 aliphatic heterocycles. The number of hydrogen-bond acceptors (Lipinski definition) is 3. The van der Waals surface area contributed by atoms with E-state index in [1.165, 1.54) is 16.3 Å². The van der Waals surface area contributed by atoms with Crippen LogP contribution in [0.15, 0.2) is 36.7 Å². The molecule has 3 nitrogen and oxygen atoms in total. The summed E-state index contributed by atoms with van der Waals surface area (Å²) in [6, 6.07) is 8.73. The average molecular weight is 284 g/mol. The fourth-order valence-electron chi connectivity index (χ4n) is 3.81. The van der Waals surface area contributed by atoms with Gasteiger partial charge >= 0.3 is 0 Å². The van der Waals surface area contributed by atoms with Crippen LogP contribution in [0.4, 0.5) is 0 Å². The molecule has 2 aromatic rings. The maximum absolute atomic E-state index is 6.04. The van der Waals surface area contributed by atoms with E-state index in [1.54, 1.807) is 0 Å². The standard InChI is InChI=1S/C18H24N2O/c1-11-12(2)21-13(3)17(11)18(19-4)16-10-20-9-14-7-5-6-8-15(14)16/h5-13,17-19H,1-4H3. The van der Waals surface area contributed by atoms with E-state index in [2.05, 4.69) is 55.3 Å². The van der Waals surface area contributed by atoms with Crippen molar-refractivity contribution in [3.8, 4) is 0 Å². The summed E-state index contributed by atoms with van der Waals surface area (Å²) in [5.41, 5.74) is 1.28. The number of rotatable bonds is 3. The third kappa shape index (κ3) is 2.45. The summed E-state index contributed by atoms with van der Waals surface area (Å²) in [7, 11) is 2.04. The van der Waals surface area contributed by atoms with Gasteiger partial charge in [0.1, 0.15) is 0 Å². The van der Waals surface area contributed by atoms with Crippen molar-refractivity contribution < 1.29 is 4.74 Å². The van der Waals surface area contributed by atoms with E-state index in [0.717, 1.165) is 0 Å². The number of nitrogens with zero attached hydrogens (tertiary/aromatic N) is 1. The average Bonchev–Trinajstić information content (AvgIpc) is 2.75. The van der Waals surface area contributed by atoms with Crippen LogP contribution in [-0.2, 0) is 4.74 Å². The summed E-state index contributed by atoms with van der Waals surface area (Å²) < 4.78 is 6.04. The quantitative estimate of drug-likeness (QED) is 0.936. The zero-order valence-corrected chi connectivity index (χ0v) is 13.2. The van der Waals surface area contributed by atoms with Crippen molar-refractivity contribution in [2.75, 3.05) is 7.05 Å². The maximum atomic E-state index is 6.04. The molecular weight excluding hydrogens is 260 g/mol. The molecule has 5 atom stereocenters. The number of hydrogen-bond donors (Lipinski definition) is 1. The number of ether oxygens (including phenoxy) is 1. The number of aromatic nitrogens is 1. The van der Waals surface area contributed by atoms with Crippen molar-refractivity contribution in [2.45, 2.75) is 39.0 Å². The van der Waals surface area contributed by atoms with Gasteiger partial charge in [0.2, 0.25) is 0 Å². The predicted molar refractivity (Wildman–Crippen MR) is 86.2 cm³/mol. The Balaban J connectivity index is 2.07. The van der Waals surface area contributed by atoms with Gasteiger partial charge in [-0.2, -0.15) is 0 Å². The Kier molecular flexibility index (Phi) is 3.96. The van der Waals surface area contributed by atoms with Gasteiger partial charge in [-0.25, -0.2) is 0 Å². The van der Waals surface area contributed by atoms with Gasteiger partial charge < -0.3 is 10.1 Å². The van der Waals surface area contributed by atoms with Crippen LogP contribution in [0, 0.1) is 11.8 Å². The maximum Gasteiger partial charge on any atom is 0.0600 e. The van der Waals surface area contributed by atoms with Crippen LogP contribution in [0.5, 0.6) is 0 Å². The molecule has 0 saturated carbocycles. The lowest BCUT2D eigenvalue weighted by atomic mass is 9.80. The van der Waals surface area contributed by atoms with Crippen LogP contribution in [-0.4, -0.2) is 24.2 Å². The van der Waals surface area contributed by atoms with Crippen molar-refractivity contribution in [1.82, 2.24) is 10.3 Å². The molecule has 0 bridgehead atoms. The molecule has 2 heterocycles. The lowest BCUT2D eigenvalue weighted by Crippen LogP contribution is -2.33. The second-order valence-corrected chi connectivity index (χ2v) is 6.20. The smallest absolute Gasteiger partial charge is 0.0600 e. The predicted octanol–water partition coefficient (Wildman–Crippen LogP) is 3.55. The summed E-state index contributed by atoms with van der Waals surface area (Å²) in [4.78, 5) is 4.44. The van der Waals surface area contributed by atoms with E-state index in [1.807, 2.05) is 19.4 Å². The summed E-state index contributed by atoms with van der Waals surface area (Å²) in [5, 5.41) is 5.99. The van der Waals surface area contributed by atoms with Gasteiger partial charge in [0.15, 0.2) is 0 Å². The second-order valence-electron chi connectivity index (χ2n) is 6.20. The van der Waals surface area contributed by atoms with Crippen molar-refractivity contribution in [1.29, 1.82) is 0 Å². The Labute approximate surface area is 126 Å². The van der Waals surface area contributed by atoms with Gasteiger partial charge in [0, 0.05) is 29.7 Å². The van der Waals surface area contributed by atoms with Gasteiger partial charge in [-0.15, -0.1) is 0 Å². The summed E-state index contributed by atoms with van der Waals surface area (Å²) in [6.07, 6.45) is 4.51. The Bertz CT molecular complexity index is 622. The van der Waals surface area contributed by atoms with Gasteiger partial charge in [-0.3, -0.25) is 4.98 Å². The zero-order valence-electron chi connectivity index (χ0n) is 13.2. The van der Waals surface area contributed by atoms with Gasteiger partial charge in [0.05, 0.1) is 12.2 Å². The summed E-state index contributed by atoms with van der Waals surface area (Å²) in [6.45, 7) is 6.66. The molecule has 3 rings (SSSR count). The SMILES string of the molecule is CNC(c1cncc2ccccc12)C1C(C)OC(C)C1C. The number of pyridine rings is 1. The molecular formula is C18H24N2O. The molecule has 3 heteroatoms. The minimum atomic E-state index is 0.256. The minimum Gasteiger partial charge on any atom is -0.375 e. The lowest BCUT2D eigenvalue weighted by Gasteiger charge is -2.29. The Morgan fingerprint density at radius 2 is 1.86 bits per heavy atom. The first-order valence-electron chi connectivity index (χ1n) is 7.79. The largest absolute Gasteiger partial charge is 0.375 e. The fourth-order valence-corrected chi connectivity index (χ4v) is 3.81. The van der Waals surface area contributed by atoms with Crippen LogP contribution >= 0.6 is 0 Å². The topological polar surface area (TPSA) is 34.2 Å². The summed E-state index contributed by atoms with van der Waals surface area (Å²) >= 11 is 0. The van der Waals surface area contributed by atoms with E-state index < -0.39 is 0 Å². The third-order valence-electron chi connectivity index (χ3n) is 5.05. The van der Waals surface area contributed by atoms with Gasteiger partial charge in [-0.1, -0.05) is 31.2 Å². The first-order chi connectivity index (χ1) is 10.1. The molecule has 1 aromatic heterocycles. The number of fused-ring (bicyclic) bond motifs is 1. The highest BCUT2D eigenvalue weighted by Crippen LogP contribution is 2.41. The third-order valence-corrected chi connectivity index (χ3v) is 5.05. The van der Waals surface area contributed by atoms with Gasteiger partial charge in [0.25, 0.3) is 0 Å². The molecule has 0 aliphatic carbocycles. The monoisotopic (exact) mass is 284 g/mol. The molecule has 1 aliphatic rings. The molecule has 112 valence electrons. The fraction of sp³-hybridized carbons (Fsp3) is 0.500. The molecule has 0 spiro atoms.